The number of amidine groups is 1. The Hall–Kier alpha value is -1.95. The molecule has 8 nitrogen and oxygen atoms in total. The summed E-state index contributed by atoms with van der Waals surface area (Å²) in [6.45, 7) is 2.73. The van der Waals surface area contributed by atoms with Gasteiger partial charge in [0.1, 0.15) is 5.70 Å². The minimum absolute atomic E-state index is 0.0892. The van der Waals surface area contributed by atoms with E-state index < -0.39 is 24.1 Å². The predicted octanol–water partition coefficient (Wildman–Crippen LogP) is 2.46. The lowest BCUT2D eigenvalue weighted by Crippen LogP contribution is -2.38. The molecule has 2 N–H and O–H groups in total. The number of carbonyl (C=O) groups excluding carboxylic acids is 2. The van der Waals surface area contributed by atoms with Crippen LogP contribution in [-0.4, -0.2) is 21.9 Å². The van der Waals surface area contributed by atoms with E-state index in [1.165, 1.54) is 13.8 Å². The lowest BCUT2D eigenvalue weighted by molar-refractivity contribution is -0.411. The van der Waals surface area contributed by atoms with Crippen molar-refractivity contribution in [1.29, 1.82) is 0 Å². The van der Waals surface area contributed by atoms with E-state index in [-0.39, 0.29) is 15.9 Å². The molecule has 1 heterocycles. The number of hydrogen-bond donors (Lipinski definition) is 2. The summed E-state index contributed by atoms with van der Waals surface area (Å²) in [6.07, 6.45) is 0. The lowest BCUT2D eigenvalue weighted by Gasteiger charge is -2.28. The first kappa shape index (κ1) is 17.4. The molecule has 0 fully saturated rings. The maximum absolute atomic E-state index is 12.3. The van der Waals surface area contributed by atoms with Crippen molar-refractivity contribution in [2.45, 2.75) is 13.8 Å². The minimum Gasteiger partial charge on any atom is -0.300 e. The monoisotopic (exact) mass is 448 g/mol. The molecule has 2 amide bonds. The second-order valence-corrected chi connectivity index (χ2v) is 10.6. The summed E-state index contributed by atoms with van der Waals surface area (Å²) < 4.78 is 2.57. The van der Waals surface area contributed by atoms with Crippen molar-refractivity contribution in [3.8, 4) is 0 Å². The van der Waals surface area contributed by atoms with Gasteiger partial charge in [0.05, 0.1) is 4.92 Å². The molecule has 1 aliphatic rings. The highest BCUT2D eigenvalue weighted by Gasteiger charge is 2.48. The van der Waals surface area contributed by atoms with Gasteiger partial charge < -0.3 is 0 Å². The van der Waals surface area contributed by atoms with Crippen LogP contribution in [0.4, 0.5) is 0 Å². The van der Waals surface area contributed by atoms with Gasteiger partial charge in [-0.15, -0.1) is 0 Å². The van der Waals surface area contributed by atoms with Crippen LogP contribution in [0.1, 0.15) is 24.2 Å². The molecule has 10 heteroatoms. The SMILES string of the molecule is CC(=O)NS1(I)C(NC(=O)c2ccccc2)=NC(C)=C1[N+](=O)[O-]. The molecule has 0 aromatic heterocycles. The van der Waals surface area contributed by atoms with Crippen molar-refractivity contribution in [2.24, 2.45) is 4.99 Å². The molecule has 1 aliphatic heterocycles. The van der Waals surface area contributed by atoms with Crippen LogP contribution in [0.5, 0.6) is 0 Å². The standard InChI is InChI=1S/C13H13IN4O4S/c1-8-12(18(21)22)23(14,17-9(2)19)13(15-8)16-11(20)10-6-4-3-5-7-10/h3-7H,1-2H3,(H,17,19)(H,15,16,20). The maximum Gasteiger partial charge on any atom is 0.339 e. The van der Waals surface area contributed by atoms with Crippen LogP contribution in [-0.2, 0) is 4.79 Å². The summed E-state index contributed by atoms with van der Waals surface area (Å²) in [5.74, 6) is -0.884. The molecule has 1 aromatic rings. The first-order valence-electron chi connectivity index (χ1n) is 6.37. The van der Waals surface area contributed by atoms with Crippen molar-refractivity contribution >= 4 is 45.6 Å². The lowest BCUT2D eigenvalue weighted by atomic mass is 10.2. The summed E-state index contributed by atoms with van der Waals surface area (Å²) in [6, 6.07) is 8.40. The van der Waals surface area contributed by atoms with Crippen LogP contribution in [0.25, 0.3) is 0 Å². The minimum atomic E-state index is -2.57. The number of nitro groups is 1. The van der Waals surface area contributed by atoms with E-state index in [1.54, 1.807) is 51.5 Å². The van der Waals surface area contributed by atoms with E-state index in [0.29, 0.717) is 5.56 Å². The molecule has 122 valence electrons. The summed E-state index contributed by atoms with van der Waals surface area (Å²) in [5.41, 5.74) is 0.555. The van der Waals surface area contributed by atoms with Gasteiger partial charge in [-0.3, -0.25) is 29.7 Å². The number of allylic oxidation sites excluding steroid dienone is 1. The molecule has 0 aliphatic carbocycles. The van der Waals surface area contributed by atoms with Crippen LogP contribution >= 0.6 is 28.6 Å². The van der Waals surface area contributed by atoms with E-state index in [9.17, 15) is 19.7 Å². The number of aliphatic imine (C=N–C) groups is 1. The number of amides is 2. The van der Waals surface area contributed by atoms with Gasteiger partial charge in [-0.05, 0) is 19.1 Å². The number of nitrogens with zero attached hydrogens (tertiary/aromatic N) is 2. The second-order valence-electron chi connectivity index (χ2n) is 4.58. The summed E-state index contributed by atoms with van der Waals surface area (Å²) in [4.78, 5) is 38.6. The third-order valence-electron chi connectivity index (χ3n) is 2.82. The Bertz CT molecular complexity index is 750. The van der Waals surface area contributed by atoms with Gasteiger partial charge in [-0.1, -0.05) is 18.2 Å². The molecule has 1 unspecified atom stereocenters. The van der Waals surface area contributed by atoms with Gasteiger partial charge in [0.25, 0.3) is 5.91 Å². The van der Waals surface area contributed by atoms with E-state index in [0.717, 1.165) is 0 Å². The highest BCUT2D eigenvalue weighted by atomic mass is 127. The number of nitrogens with one attached hydrogen (secondary N) is 2. The molecule has 0 bridgehead atoms. The maximum atomic E-state index is 12.3. The van der Waals surface area contributed by atoms with Crippen molar-refractivity contribution in [3.63, 3.8) is 0 Å². The van der Waals surface area contributed by atoms with E-state index in [2.05, 4.69) is 15.0 Å². The fraction of sp³-hybridized carbons (Fsp3) is 0.154. The first-order valence-corrected chi connectivity index (χ1v) is 10.5. The van der Waals surface area contributed by atoms with Gasteiger partial charge in [-0.25, -0.2) is 4.99 Å². The molecule has 23 heavy (non-hydrogen) atoms. The topological polar surface area (TPSA) is 114 Å². The van der Waals surface area contributed by atoms with Gasteiger partial charge in [0.2, 0.25) is 5.91 Å². The Kier molecular flexibility index (Phi) is 5.04. The number of halogens is 1. The normalized spacial score (nSPS) is 22.8. The number of rotatable bonds is 3. The number of benzene rings is 1. The zero-order valence-electron chi connectivity index (χ0n) is 12.2. The van der Waals surface area contributed by atoms with Crippen LogP contribution in [0.2, 0.25) is 0 Å². The number of carbonyl (C=O) groups is 2. The van der Waals surface area contributed by atoms with E-state index in [4.69, 9.17) is 0 Å². The largest absolute Gasteiger partial charge is 0.339 e. The second kappa shape index (κ2) is 6.66. The molecule has 0 radical (unpaired) electrons. The molecule has 1 atom stereocenters. The van der Waals surface area contributed by atoms with E-state index in [1.807, 2.05) is 0 Å². The fourth-order valence-corrected chi connectivity index (χ4v) is 6.87. The Morgan fingerprint density at radius 1 is 1.30 bits per heavy atom. The van der Waals surface area contributed by atoms with Crippen LogP contribution in [0, 0.1) is 10.1 Å². The smallest absolute Gasteiger partial charge is 0.300 e. The molecule has 0 saturated carbocycles. The van der Waals surface area contributed by atoms with Gasteiger partial charge in [0, 0.05) is 41.1 Å². The third kappa shape index (κ3) is 3.52. The van der Waals surface area contributed by atoms with Crippen LogP contribution < -0.4 is 10.0 Å². The third-order valence-corrected chi connectivity index (χ3v) is 8.25. The summed E-state index contributed by atoms with van der Waals surface area (Å²) >= 11 is 1.79. The van der Waals surface area contributed by atoms with Gasteiger partial charge in [-0.2, -0.15) is 0 Å². The number of hydrogen-bond acceptors (Lipinski definition) is 5. The Morgan fingerprint density at radius 2 is 1.91 bits per heavy atom. The van der Waals surface area contributed by atoms with Gasteiger partial charge in [0.15, 0.2) is 5.17 Å². The molecule has 0 spiro atoms. The molecule has 2 rings (SSSR count). The van der Waals surface area contributed by atoms with Gasteiger partial charge >= 0.3 is 5.03 Å². The summed E-state index contributed by atoms with van der Waals surface area (Å²) in [7, 11) is -2.57. The quantitative estimate of drug-likeness (QED) is 0.420. The fourth-order valence-electron chi connectivity index (χ4n) is 1.94. The molecule has 0 saturated heterocycles. The Labute approximate surface area is 145 Å². The molecular formula is C13H13IN4O4S. The van der Waals surface area contributed by atoms with Crippen molar-refractivity contribution in [2.75, 3.05) is 0 Å². The first-order chi connectivity index (χ1) is 10.8. The average Bonchev–Trinajstić information content (AvgIpc) is 2.69. The van der Waals surface area contributed by atoms with Crippen molar-refractivity contribution in [1.82, 2.24) is 10.0 Å². The summed E-state index contributed by atoms with van der Waals surface area (Å²) in [5, 5.41) is 13.8. The zero-order chi connectivity index (χ0) is 17.2. The predicted molar refractivity (Wildman–Crippen MR) is 96.5 cm³/mol. The zero-order valence-corrected chi connectivity index (χ0v) is 15.2. The Morgan fingerprint density at radius 3 is 2.43 bits per heavy atom. The Balaban J connectivity index is 2.35. The van der Waals surface area contributed by atoms with Crippen molar-refractivity contribution < 1.29 is 14.5 Å². The highest BCUT2D eigenvalue weighted by Crippen LogP contribution is 2.64. The van der Waals surface area contributed by atoms with Crippen LogP contribution in [0.3, 0.4) is 0 Å². The van der Waals surface area contributed by atoms with Crippen LogP contribution in [0.15, 0.2) is 46.1 Å². The highest BCUT2D eigenvalue weighted by molar-refractivity contribution is 14.2. The molecule has 1 aromatic carbocycles. The van der Waals surface area contributed by atoms with E-state index >= 15 is 0 Å². The average molecular weight is 448 g/mol. The molecular weight excluding hydrogens is 435 g/mol. The van der Waals surface area contributed by atoms with Crippen molar-refractivity contribution in [3.05, 3.63) is 56.7 Å².